The highest BCUT2D eigenvalue weighted by atomic mass is 19.1. The van der Waals surface area contributed by atoms with Crippen LogP contribution >= 0.6 is 0 Å². The molecule has 10 heteroatoms. The van der Waals surface area contributed by atoms with E-state index in [0.29, 0.717) is 50.4 Å². The number of carbonyl (C=O) groups is 3. The minimum atomic E-state index is -1.05. The van der Waals surface area contributed by atoms with Crippen molar-refractivity contribution in [3.8, 4) is 5.75 Å². The lowest BCUT2D eigenvalue weighted by molar-refractivity contribution is -0.128. The van der Waals surface area contributed by atoms with Crippen molar-refractivity contribution in [2.45, 2.75) is 43.6 Å². The van der Waals surface area contributed by atoms with Crippen molar-refractivity contribution in [1.29, 1.82) is 0 Å². The number of carbonyl (C=O) groups excluding carboxylic acids is 3. The van der Waals surface area contributed by atoms with E-state index in [1.165, 1.54) is 29.2 Å². The smallest absolute Gasteiger partial charge is 0.256 e. The van der Waals surface area contributed by atoms with Gasteiger partial charge in [0.15, 0.2) is 0 Å². The summed E-state index contributed by atoms with van der Waals surface area (Å²) in [7, 11) is 1.57. The zero-order chi connectivity index (χ0) is 26.7. The van der Waals surface area contributed by atoms with Gasteiger partial charge < -0.3 is 24.4 Å². The Morgan fingerprint density at radius 3 is 2.32 bits per heavy atom. The SMILES string of the molecule is COc1ccc(C(=O)N2CCC3(CC2)OCC(C(=O)NCC2CCCO2)N3C(=O)c2ccc(F)cc2)cc1. The normalized spacial score (nSPS) is 22.5. The molecule has 38 heavy (non-hydrogen) atoms. The van der Waals surface area contributed by atoms with Crippen molar-refractivity contribution in [2.75, 3.05) is 40.0 Å². The predicted molar refractivity (Wildman–Crippen MR) is 135 cm³/mol. The average Bonchev–Trinajstić information content (AvgIpc) is 3.60. The lowest BCUT2D eigenvalue weighted by Gasteiger charge is -2.44. The lowest BCUT2D eigenvalue weighted by atomic mass is 9.96. The molecule has 9 nitrogen and oxygen atoms in total. The van der Waals surface area contributed by atoms with Crippen molar-refractivity contribution < 1.29 is 33.0 Å². The molecule has 3 saturated heterocycles. The Morgan fingerprint density at radius 2 is 1.68 bits per heavy atom. The Balaban J connectivity index is 1.33. The summed E-state index contributed by atoms with van der Waals surface area (Å²) in [4.78, 5) is 43.3. The number of likely N-dealkylation sites (tertiary alicyclic amines) is 1. The molecule has 3 amide bonds. The van der Waals surface area contributed by atoms with E-state index in [9.17, 15) is 18.8 Å². The summed E-state index contributed by atoms with van der Waals surface area (Å²) in [6.45, 7) is 1.78. The quantitative estimate of drug-likeness (QED) is 0.623. The van der Waals surface area contributed by atoms with Gasteiger partial charge in [-0.05, 0) is 61.4 Å². The Morgan fingerprint density at radius 1 is 1.03 bits per heavy atom. The molecule has 3 aliphatic rings. The summed E-state index contributed by atoms with van der Waals surface area (Å²) < 4.78 is 30.6. The fourth-order valence-electron chi connectivity index (χ4n) is 5.41. The zero-order valence-electron chi connectivity index (χ0n) is 21.4. The van der Waals surface area contributed by atoms with Crippen molar-refractivity contribution >= 4 is 17.7 Å². The molecule has 3 fully saturated rings. The maximum Gasteiger partial charge on any atom is 0.256 e. The predicted octanol–water partition coefficient (Wildman–Crippen LogP) is 2.60. The molecular weight excluding hydrogens is 493 g/mol. The molecule has 5 rings (SSSR count). The number of halogens is 1. The van der Waals surface area contributed by atoms with E-state index in [4.69, 9.17) is 14.2 Å². The van der Waals surface area contributed by atoms with Crippen molar-refractivity contribution in [3.05, 3.63) is 65.5 Å². The van der Waals surface area contributed by atoms with Crippen LogP contribution in [-0.2, 0) is 14.3 Å². The summed E-state index contributed by atoms with van der Waals surface area (Å²) in [6, 6.07) is 11.3. The maximum atomic E-state index is 13.7. The Bertz CT molecular complexity index is 1160. The molecule has 3 heterocycles. The zero-order valence-corrected chi connectivity index (χ0v) is 21.4. The minimum absolute atomic E-state index is 0.0383. The number of hydrogen-bond acceptors (Lipinski definition) is 6. The molecule has 2 aromatic rings. The van der Waals surface area contributed by atoms with Gasteiger partial charge >= 0.3 is 0 Å². The fourth-order valence-corrected chi connectivity index (χ4v) is 5.41. The van der Waals surface area contributed by atoms with Crippen LogP contribution in [0.5, 0.6) is 5.75 Å². The molecular formula is C28H32FN3O6. The Hall–Kier alpha value is -3.50. The van der Waals surface area contributed by atoms with Crippen molar-refractivity contribution in [3.63, 3.8) is 0 Å². The summed E-state index contributed by atoms with van der Waals surface area (Å²) in [6.07, 6.45) is 2.48. The van der Waals surface area contributed by atoms with Crippen molar-refractivity contribution in [2.24, 2.45) is 0 Å². The first-order chi connectivity index (χ1) is 18.4. The van der Waals surface area contributed by atoms with Crippen LogP contribution < -0.4 is 10.1 Å². The highest BCUT2D eigenvalue weighted by Gasteiger charge is 2.54. The van der Waals surface area contributed by atoms with E-state index in [2.05, 4.69) is 5.32 Å². The summed E-state index contributed by atoms with van der Waals surface area (Å²) in [5.74, 6) is -0.635. The number of ether oxygens (including phenoxy) is 3. The number of piperidine rings is 1. The number of amides is 3. The number of benzene rings is 2. The van der Waals surface area contributed by atoms with Gasteiger partial charge in [-0.15, -0.1) is 0 Å². The van der Waals surface area contributed by atoms with Crippen LogP contribution in [-0.4, -0.2) is 85.3 Å². The fraction of sp³-hybridized carbons (Fsp3) is 0.464. The molecule has 2 atom stereocenters. The molecule has 0 bridgehead atoms. The van der Waals surface area contributed by atoms with Crippen LogP contribution in [0.3, 0.4) is 0 Å². The third-order valence-corrected chi connectivity index (χ3v) is 7.57. The number of hydrogen-bond donors (Lipinski definition) is 1. The first kappa shape index (κ1) is 26.1. The molecule has 0 aliphatic carbocycles. The largest absolute Gasteiger partial charge is 0.497 e. The topological polar surface area (TPSA) is 97.4 Å². The van der Waals surface area contributed by atoms with E-state index in [1.54, 1.807) is 36.3 Å². The van der Waals surface area contributed by atoms with Gasteiger partial charge in [0.05, 0.1) is 19.8 Å². The van der Waals surface area contributed by atoms with Gasteiger partial charge in [0.2, 0.25) is 5.91 Å². The van der Waals surface area contributed by atoms with Crippen LogP contribution in [0.25, 0.3) is 0 Å². The van der Waals surface area contributed by atoms with Gasteiger partial charge in [0.25, 0.3) is 11.8 Å². The van der Waals surface area contributed by atoms with E-state index >= 15 is 0 Å². The highest BCUT2D eigenvalue weighted by Crippen LogP contribution is 2.39. The van der Waals surface area contributed by atoms with Crippen LogP contribution in [0.15, 0.2) is 48.5 Å². The second kappa shape index (κ2) is 11.1. The Labute approximate surface area is 220 Å². The maximum absolute atomic E-state index is 13.7. The van der Waals surface area contributed by atoms with E-state index < -0.39 is 23.5 Å². The third-order valence-electron chi connectivity index (χ3n) is 7.57. The second-order valence-corrected chi connectivity index (χ2v) is 9.86. The molecule has 202 valence electrons. The molecule has 1 spiro atoms. The van der Waals surface area contributed by atoms with Gasteiger partial charge in [0.1, 0.15) is 23.3 Å². The number of methoxy groups -OCH3 is 1. The first-order valence-electron chi connectivity index (χ1n) is 13.0. The molecule has 0 radical (unpaired) electrons. The first-order valence-corrected chi connectivity index (χ1v) is 13.0. The lowest BCUT2D eigenvalue weighted by Crippen LogP contribution is -2.60. The molecule has 3 aliphatic heterocycles. The van der Waals surface area contributed by atoms with Gasteiger partial charge in [-0.2, -0.15) is 0 Å². The van der Waals surface area contributed by atoms with Crippen molar-refractivity contribution in [1.82, 2.24) is 15.1 Å². The summed E-state index contributed by atoms with van der Waals surface area (Å²) in [5.41, 5.74) is -0.238. The van der Waals surface area contributed by atoms with Crippen LogP contribution in [0, 0.1) is 5.82 Å². The molecule has 2 aromatic carbocycles. The number of nitrogens with zero attached hydrogens (tertiary/aromatic N) is 2. The number of nitrogens with one attached hydrogen (secondary N) is 1. The molecule has 0 aromatic heterocycles. The minimum Gasteiger partial charge on any atom is -0.497 e. The third kappa shape index (κ3) is 5.23. The standard InChI is InChI=1S/C28H32FN3O6/c1-36-22-10-6-19(7-11-22)26(34)31-14-12-28(13-15-31)32(27(35)20-4-8-21(29)9-5-20)24(18-38-28)25(33)30-17-23-3-2-16-37-23/h4-11,23-24H,2-3,12-18H2,1H3,(H,30,33). The summed E-state index contributed by atoms with van der Waals surface area (Å²) >= 11 is 0. The van der Waals surface area contributed by atoms with Crippen LogP contribution in [0.4, 0.5) is 4.39 Å². The van der Waals surface area contributed by atoms with Gasteiger partial charge in [-0.3, -0.25) is 19.3 Å². The molecule has 2 unspecified atom stereocenters. The van der Waals surface area contributed by atoms with E-state index in [1.807, 2.05) is 0 Å². The Kier molecular flexibility index (Phi) is 7.62. The molecule has 0 saturated carbocycles. The van der Waals surface area contributed by atoms with Gasteiger partial charge in [-0.25, -0.2) is 4.39 Å². The van der Waals surface area contributed by atoms with E-state index in [-0.39, 0.29) is 30.1 Å². The van der Waals surface area contributed by atoms with Gasteiger partial charge in [-0.1, -0.05) is 0 Å². The molecule has 1 N–H and O–H groups in total. The highest BCUT2D eigenvalue weighted by molar-refractivity contribution is 5.98. The van der Waals surface area contributed by atoms with Crippen LogP contribution in [0.2, 0.25) is 0 Å². The number of rotatable bonds is 6. The monoisotopic (exact) mass is 525 g/mol. The average molecular weight is 526 g/mol. The summed E-state index contributed by atoms with van der Waals surface area (Å²) in [5, 5.41) is 2.92. The second-order valence-electron chi connectivity index (χ2n) is 9.86. The van der Waals surface area contributed by atoms with Gasteiger partial charge in [0, 0.05) is 50.2 Å². The van der Waals surface area contributed by atoms with E-state index in [0.717, 1.165) is 12.8 Å². The van der Waals surface area contributed by atoms with Crippen LogP contribution in [0.1, 0.15) is 46.4 Å².